The minimum absolute atomic E-state index is 0.0840. The average Bonchev–Trinajstić information content (AvgIpc) is 3.26. The van der Waals surface area contributed by atoms with E-state index in [0.717, 1.165) is 49.5 Å². The van der Waals surface area contributed by atoms with E-state index in [1.54, 1.807) is 12.4 Å². The van der Waals surface area contributed by atoms with Crippen LogP contribution in [0.25, 0.3) is 0 Å². The smallest absolute Gasteiger partial charge is 0.255 e. The number of aliphatic hydroxyl groups excluding tert-OH is 1. The van der Waals surface area contributed by atoms with Crippen LogP contribution < -0.4 is 15.1 Å². The van der Waals surface area contributed by atoms with E-state index in [0.29, 0.717) is 40.9 Å². The Kier molecular flexibility index (Phi) is 5.61. The van der Waals surface area contributed by atoms with Crippen LogP contribution >= 0.6 is 11.8 Å². The van der Waals surface area contributed by atoms with Crippen molar-refractivity contribution < 1.29 is 14.6 Å². The van der Waals surface area contributed by atoms with E-state index in [2.05, 4.69) is 39.5 Å². The summed E-state index contributed by atoms with van der Waals surface area (Å²) in [6, 6.07) is 10.7. The molecule has 38 heavy (non-hydrogen) atoms. The van der Waals surface area contributed by atoms with E-state index in [1.165, 1.54) is 22.9 Å². The Hall–Kier alpha value is -3.21. The lowest BCUT2D eigenvalue weighted by Gasteiger charge is -2.49. The summed E-state index contributed by atoms with van der Waals surface area (Å²) in [6.07, 6.45) is 8.02. The second kappa shape index (κ2) is 8.93. The standard InChI is InChI=1S/C28H30N6O3S/c1-33-25-23(32-26(36)28(33)16-37-17-28)21(6-9-29-25)38-22-14-30-24(20(15-35)31-22)34-10-7-27(8-11-34)12-18-4-2-3-5-19(18)13-27/h2-6,9,14,35H,7-8,10-13,15-17H2,1H3,(H,32,36). The summed E-state index contributed by atoms with van der Waals surface area (Å²) in [4.78, 5) is 32.0. The molecule has 5 heterocycles. The van der Waals surface area contributed by atoms with E-state index in [9.17, 15) is 9.90 Å². The van der Waals surface area contributed by atoms with Crippen molar-refractivity contribution in [1.29, 1.82) is 0 Å². The van der Waals surface area contributed by atoms with Crippen LogP contribution in [0.3, 0.4) is 0 Å². The van der Waals surface area contributed by atoms with Crippen molar-refractivity contribution in [2.24, 2.45) is 5.41 Å². The maximum atomic E-state index is 12.9. The highest BCUT2D eigenvalue weighted by molar-refractivity contribution is 7.99. The van der Waals surface area contributed by atoms with Crippen LogP contribution in [0.1, 0.15) is 29.7 Å². The van der Waals surface area contributed by atoms with Gasteiger partial charge in [0.25, 0.3) is 5.91 Å². The third-order valence-electron chi connectivity index (χ3n) is 8.73. The minimum atomic E-state index is -0.691. The number of hydrogen-bond donors (Lipinski definition) is 2. The molecule has 0 atom stereocenters. The molecule has 3 aromatic rings. The zero-order valence-corrected chi connectivity index (χ0v) is 22.1. The molecular weight excluding hydrogens is 500 g/mol. The SMILES string of the molecule is CN1c2nccc(Sc3cnc(N4CCC5(CC4)Cc4ccccc4C5)c(CO)n3)c2NC(=O)C12COC2. The highest BCUT2D eigenvalue weighted by atomic mass is 32.2. The van der Waals surface area contributed by atoms with Crippen molar-refractivity contribution in [2.45, 2.75) is 47.8 Å². The number of rotatable bonds is 4. The molecule has 9 nitrogen and oxygen atoms in total. The van der Waals surface area contributed by atoms with Crippen LogP contribution in [-0.4, -0.2) is 64.9 Å². The zero-order valence-electron chi connectivity index (χ0n) is 21.3. The highest BCUT2D eigenvalue weighted by Gasteiger charge is 2.53. The summed E-state index contributed by atoms with van der Waals surface area (Å²) < 4.78 is 5.34. The Morgan fingerprint density at radius 1 is 1.08 bits per heavy atom. The molecule has 0 saturated carbocycles. The van der Waals surface area contributed by atoms with E-state index in [-0.39, 0.29) is 12.5 Å². The third kappa shape index (κ3) is 3.69. The fourth-order valence-corrected chi connectivity index (χ4v) is 7.21. The van der Waals surface area contributed by atoms with Gasteiger partial charge in [0.15, 0.2) is 17.2 Å². The maximum Gasteiger partial charge on any atom is 0.255 e. The van der Waals surface area contributed by atoms with Crippen LogP contribution in [0.5, 0.6) is 0 Å². The Morgan fingerprint density at radius 2 is 1.82 bits per heavy atom. The van der Waals surface area contributed by atoms with Gasteiger partial charge in [-0.15, -0.1) is 0 Å². The van der Waals surface area contributed by atoms with Crippen LogP contribution in [-0.2, 0) is 29.0 Å². The molecule has 10 heteroatoms. The fraction of sp³-hybridized carbons (Fsp3) is 0.429. The van der Waals surface area contributed by atoms with Gasteiger partial charge in [-0.05, 0) is 48.3 Å². The first-order valence-electron chi connectivity index (χ1n) is 13.1. The molecule has 2 saturated heterocycles. The summed E-state index contributed by atoms with van der Waals surface area (Å²) in [7, 11) is 1.88. The molecule has 1 aliphatic carbocycles. The predicted octanol–water partition coefficient (Wildman–Crippen LogP) is 3.06. The average molecular weight is 531 g/mol. The van der Waals surface area contributed by atoms with Crippen LogP contribution in [0.15, 0.2) is 52.6 Å². The molecule has 196 valence electrons. The number of benzene rings is 1. The molecule has 0 unspecified atom stereocenters. The van der Waals surface area contributed by atoms with Crippen molar-refractivity contribution >= 4 is 35.0 Å². The Morgan fingerprint density at radius 3 is 2.47 bits per heavy atom. The molecule has 2 fully saturated rings. The number of carbonyl (C=O) groups excluding carboxylic acids is 1. The number of carbonyl (C=O) groups is 1. The molecule has 2 aromatic heterocycles. The first kappa shape index (κ1) is 23.9. The number of anilines is 3. The Labute approximate surface area is 225 Å². The summed E-state index contributed by atoms with van der Waals surface area (Å²) in [6.45, 7) is 2.34. The predicted molar refractivity (Wildman–Crippen MR) is 145 cm³/mol. The molecular formula is C28H30N6O3S. The molecule has 2 N–H and O–H groups in total. The van der Waals surface area contributed by atoms with Gasteiger partial charge in [-0.3, -0.25) is 4.79 Å². The van der Waals surface area contributed by atoms with Crippen molar-refractivity contribution in [3.05, 3.63) is 59.5 Å². The normalized spacial score (nSPS) is 20.7. The summed E-state index contributed by atoms with van der Waals surface area (Å²) in [5.41, 5.74) is 3.88. The summed E-state index contributed by atoms with van der Waals surface area (Å²) in [5, 5.41) is 13.9. The van der Waals surface area contributed by atoms with E-state index >= 15 is 0 Å². The first-order chi connectivity index (χ1) is 18.5. The van der Waals surface area contributed by atoms with Gasteiger partial charge in [0.1, 0.15) is 10.7 Å². The highest BCUT2D eigenvalue weighted by Crippen LogP contribution is 2.46. The van der Waals surface area contributed by atoms with E-state index < -0.39 is 5.54 Å². The van der Waals surface area contributed by atoms with Crippen molar-refractivity contribution in [3.63, 3.8) is 0 Å². The Balaban J connectivity index is 1.09. The number of piperidine rings is 1. The molecule has 4 aliphatic rings. The number of pyridine rings is 1. The second-order valence-corrected chi connectivity index (χ2v) is 12.0. The molecule has 0 bridgehead atoms. The van der Waals surface area contributed by atoms with Crippen LogP contribution in [0, 0.1) is 5.41 Å². The Bertz CT molecular complexity index is 1390. The van der Waals surface area contributed by atoms with Gasteiger partial charge in [0.05, 0.1) is 31.7 Å². The number of hydrogen-bond acceptors (Lipinski definition) is 9. The molecule has 1 amide bonds. The van der Waals surface area contributed by atoms with Gasteiger partial charge in [0.2, 0.25) is 0 Å². The quantitative estimate of drug-likeness (QED) is 0.527. The van der Waals surface area contributed by atoms with Gasteiger partial charge in [0, 0.05) is 31.2 Å². The topological polar surface area (TPSA) is 104 Å². The lowest BCUT2D eigenvalue weighted by molar-refractivity contribution is -0.138. The summed E-state index contributed by atoms with van der Waals surface area (Å²) >= 11 is 1.41. The minimum Gasteiger partial charge on any atom is -0.390 e. The van der Waals surface area contributed by atoms with Crippen LogP contribution in [0.2, 0.25) is 0 Å². The van der Waals surface area contributed by atoms with Crippen LogP contribution in [0.4, 0.5) is 17.3 Å². The number of nitrogens with zero attached hydrogens (tertiary/aromatic N) is 5. The number of nitrogens with one attached hydrogen (secondary N) is 1. The molecule has 7 rings (SSSR count). The zero-order chi connectivity index (χ0) is 25.9. The van der Waals surface area contributed by atoms with Gasteiger partial charge >= 0.3 is 0 Å². The number of ether oxygens (including phenoxy) is 1. The molecule has 0 radical (unpaired) electrons. The molecule has 1 aromatic carbocycles. The summed E-state index contributed by atoms with van der Waals surface area (Å²) in [5.74, 6) is 1.39. The van der Waals surface area contributed by atoms with Crippen molar-refractivity contribution in [3.8, 4) is 0 Å². The lowest BCUT2D eigenvalue weighted by Crippen LogP contribution is -2.70. The molecule has 2 spiro atoms. The molecule has 3 aliphatic heterocycles. The first-order valence-corrected chi connectivity index (χ1v) is 13.9. The van der Waals surface area contributed by atoms with E-state index in [1.807, 2.05) is 18.0 Å². The maximum absolute atomic E-state index is 12.9. The van der Waals surface area contributed by atoms with E-state index in [4.69, 9.17) is 14.7 Å². The van der Waals surface area contributed by atoms with Gasteiger partial charge in [-0.25, -0.2) is 15.0 Å². The van der Waals surface area contributed by atoms with Crippen molar-refractivity contribution in [2.75, 3.05) is 48.5 Å². The largest absolute Gasteiger partial charge is 0.390 e. The van der Waals surface area contributed by atoms with Gasteiger partial charge in [-0.2, -0.15) is 0 Å². The van der Waals surface area contributed by atoms with Gasteiger partial charge < -0.3 is 25.0 Å². The van der Waals surface area contributed by atoms with Gasteiger partial charge in [-0.1, -0.05) is 36.0 Å². The number of aromatic nitrogens is 3. The number of likely N-dealkylation sites (N-methyl/N-ethyl adjacent to an activating group) is 1. The second-order valence-electron chi connectivity index (χ2n) is 10.9. The number of fused-ring (bicyclic) bond motifs is 2. The van der Waals surface area contributed by atoms with Crippen molar-refractivity contribution in [1.82, 2.24) is 15.0 Å². The fourth-order valence-electron chi connectivity index (χ4n) is 6.35. The third-order valence-corrected chi connectivity index (χ3v) is 9.70. The number of aliphatic hydroxyl groups is 1. The lowest BCUT2D eigenvalue weighted by atomic mass is 9.76. The monoisotopic (exact) mass is 530 g/mol. The number of amides is 1.